The summed E-state index contributed by atoms with van der Waals surface area (Å²) in [5.74, 6) is -2.09. The van der Waals surface area contributed by atoms with E-state index in [1.807, 2.05) is 6.92 Å². The molecule has 0 saturated heterocycles. The van der Waals surface area contributed by atoms with Crippen LogP contribution in [0, 0.1) is 0 Å². The van der Waals surface area contributed by atoms with E-state index in [1.54, 1.807) is 0 Å². The van der Waals surface area contributed by atoms with Crippen molar-refractivity contribution in [1.82, 2.24) is 20.1 Å². The Morgan fingerprint density at radius 1 is 1.47 bits per heavy atom. The molecule has 0 spiro atoms. The van der Waals surface area contributed by atoms with E-state index in [1.165, 1.54) is 13.1 Å². The molecule has 0 unspecified atom stereocenters. The first-order valence-electron chi connectivity index (χ1n) is 5.55. The first-order valence-corrected chi connectivity index (χ1v) is 6.32. The van der Waals surface area contributed by atoms with Gasteiger partial charge in [0.1, 0.15) is 0 Å². The predicted octanol–water partition coefficient (Wildman–Crippen LogP) is -0.0778. The molecule has 1 aromatic rings. The number of carbonyl (C=O) groups is 2. The number of hydrazine groups is 1. The van der Waals surface area contributed by atoms with Crippen LogP contribution in [-0.4, -0.2) is 44.9 Å². The van der Waals surface area contributed by atoms with Crippen molar-refractivity contribution in [3.05, 3.63) is 6.07 Å². The van der Waals surface area contributed by atoms with Gasteiger partial charge in [0.15, 0.2) is 5.88 Å². The molecule has 1 aromatic heterocycles. The lowest BCUT2D eigenvalue weighted by atomic mass is 10.5. The number of carbonyl (C=O) groups excluding carboxylic acids is 2. The van der Waals surface area contributed by atoms with Crippen LogP contribution in [0.15, 0.2) is 11.0 Å². The van der Waals surface area contributed by atoms with Crippen LogP contribution >= 0.6 is 11.9 Å². The first kappa shape index (κ1) is 15.2. The summed E-state index contributed by atoms with van der Waals surface area (Å²) in [6, 6.07) is 1.25. The molecule has 0 aromatic carbocycles. The Morgan fingerprint density at radius 2 is 2.16 bits per heavy atom. The molecule has 0 saturated carbocycles. The van der Waals surface area contributed by atoms with Gasteiger partial charge in [-0.2, -0.15) is 0 Å². The van der Waals surface area contributed by atoms with Gasteiger partial charge in [0.2, 0.25) is 5.88 Å². The molecule has 9 heteroatoms. The molecule has 1 rings (SSSR count). The molecular formula is C10H16N4O4S. The van der Waals surface area contributed by atoms with Gasteiger partial charge in [0, 0.05) is 19.7 Å². The largest absolute Gasteiger partial charge is 0.494 e. The molecule has 1 heterocycles. The molecule has 0 bridgehead atoms. The van der Waals surface area contributed by atoms with Crippen molar-refractivity contribution in [3.8, 4) is 11.8 Å². The summed E-state index contributed by atoms with van der Waals surface area (Å²) < 4.78 is 1.05. The number of nitrogens with zero attached hydrogens (tertiary/aromatic N) is 1. The zero-order chi connectivity index (χ0) is 14.4. The third-order valence-corrected chi connectivity index (χ3v) is 2.99. The highest BCUT2D eigenvalue weighted by atomic mass is 32.2. The number of aromatic hydroxyl groups is 2. The van der Waals surface area contributed by atoms with E-state index in [4.69, 9.17) is 5.11 Å². The third-order valence-electron chi connectivity index (χ3n) is 2.04. The Bertz CT molecular complexity index is 462. The van der Waals surface area contributed by atoms with Crippen molar-refractivity contribution in [2.45, 2.75) is 18.2 Å². The van der Waals surface area contributed by atoms with Gasteiger partial charge in [-0.1, -0.05) is 6.92 Å². The van der Waals surface area contributed by atoms with Crippen molar-refractivity contribution in [1.29, 1.82) is 0 Å². The van der Waals surface area contributed by atoms with Gasteiger partial charge in [-0.05, 0) is 18.4 Å². The van der Waals surface area contributed by atoms with Gasteiger partial charge >= 0.3 is 11.8 Å². The quantitative estimate of drug-likeness (QED) is 0.224. The molecule has 0 fully saturated rings. The Labute approximate surface area is 114 Å². The summed E-state index contributed by atoms with van der Waals surface area (Å²) in [6.07, 6.45) is 0.815. The van der Waals surface area contributed by atoms with E-state index >= 15 is 0 Å². The van der Waals surface area contributed by atoms with Gasteiger partial charge < -0.3 is 10.2 Å². The van der Waals surface area contributed by atoms with E-state index in [2.05, 4.69) is 15.8 Å². The summed E-state index contributed by atoms with van der Waals surface area (Å²) in [7, 11) is 1.38. The van der Waals surface area contributed by atoms with Crippen molar-refractivity contribution in [2.75, 3.05) is 13.6 Å². The monoisotopic (exact) mass is 288 g/mol. The fourth-order valence-corrected chi connectivity index (χ4v) is 1.90. The Morgan fingerprint density at radius 3 is 2.68 bits per heavy atom. The summed E-state index contributed by atoms with van der Waals surface area (Å²) in [4.78, 5) is 25.6. The highest BCUT2D eigenvalue weighted by molar-refractivity contribution is 7.97. The average Bonchev–Trinajstić information content (AvgIpc) is 2.67. The number of rotatable bonds is 5. The van der Waals surface area contributed by atoms with Gasteiger partial charge in [0.05, 0.1) is 4.90 Å². The summed E-state index contributed by atoms with van der Waals surface area (Å²) >= 11 is 0.821. The van der Waals surface area contributed by atoms with Crippen LogP contribution in [0.2, 0.25) is 0 Å². The number of nitrogens with one attached hydrogen (secondary N) is 3. The SMILES string of the molecule is CCCNNC(=O)C(=O)N(C)Sc1cc(O)[nH]c1O. The fraction of sp³-hybridized carbons (Fsp3) is 0.400. The van der Waals surface area contributed by atoms with Gasteiger partial charge in [0.25, 0.3) is 0 Å². The lowest BCUT2D eigenvalue weighted by Gasteiger charge is -2.14. The number of H-pyrrole nitrogens is 1. The maximum atomic E-state index is 11.7. The fourth-order valence-electron chi connectivity index (χ4n) is 1.13. The summed E-state index contributed by atoms with van der Waals surface area (Å²) in [6.45, 7) is 2.48. The molecule has 106 valence electrons. The maximum Gasteiger partial charge on any atom is 0.324 e. The van der Waals surface area contributed by atoms with Crippen LogP contribution in [-0.2, 0) is 9.59 Å². The molecule has 5 N–H and O–H groups in total. The maximum absolute atomic E-state index is 11.7. The second kappa shape index (κ2) is 6.90. The van der Waals surface area contributed by atoms with Crippen LogP contribution in [0.5, 0.6) is 11.8 Å². The predicted molar refractivity (Wildman–Crippen MR) is 69.2 cm³/mol. The zero-order valence-corrected chi connectivity index (χ0v) is 11.4. The number of aromatic nitrogens is 1. The van der Waals surface area contributed by atoms with Crippen LogP contribution in [0.3, 0.4) is 0 Å². The minimum Gasteiger partial charge on any atom is -0.494 e. The van der Waals surface area contributed by atoms with E-state index in [9.17, 15) is 14.7 Å². The topological polar surface area (TPSA) is 118 Å². The van der Waals surface area contributed by atoms with E-state index < -0.39 is 11.8 Å². The van der Waals surface area contributed by atoms with E-state index in [0.717, 1.165) is 22.7 Å². The second-order valence-electron chi connectivity index (χ2n) is 3.64. The molecule has 0 aliphatic rings. The van der Waals surface area contributed by atoms with Crippen LogP contribution in [0.4, 0.5) is 0 Å². The molecule has 8 nitrogen and oxygen atoms in total. The molecule has 0 aliphatic carbocycles. The van der Waals surface area contributed by atoms with Crippen LogP contribution in [0.25, 0.3) is 0 Å². The third kappa shape index (κ3) is 4.38. The summed E-state index contributed by atoms with van der Waals surface area (Å²) in [5, 5.41) is 18.5. The highest BCUT2D eigenvalue weighted by Crippen LogP contribution is 2.32. The number of likely N-dealkylation sites (N-methyl/N-ethyl adjacent to an activating group) is 1. The standard InChI is InChI=1S/C10H16N4O4S/c1-3-4-11-13-9(17)10(18)14(2)19-6-5-7(15)12-8(6)16/h5,11-12,15-16H,3-4H2,1-2H3,(H,13,17). The van der Waals surface area contributed by atoms with Crippen LogP contribution < -0.4 is 10.9 Å². The van der Waals surface area contributed by atoms with Crippen molar-refractivity contribution < 1.29 is 19.8 Å². The van der Waals surface area contributed by atoms with E-state index in [0.29, 0.717) is 6.54 Å². The smallest absolute Gasteiger partial charge is 0.324 e. The van der Waals surface area contributed by atoms with Crippen molar-refractivity contribution >= 4 is 23.8 Å². The second-order valence-corrected chi connectivity index (χ2v) is 4.81. The number of hydrogen-bond donors (Lipinski definition) is 5. The molecule has 0 aliphatic heterocycles. The lowest BCUT2D eigenvalue weighted by Crippen LogP contribution is -2.45. The minimum absolute atomic E-state index is 0.227. The Kier molecular flexibility index (Phi) is 5.52. The van der Waals surface area contributed by atoms with Crippen molar-refractivity contribution in [3.63, 3.8) is 0 Å². The van der Waals surface area contributed by atoms with Crippen LogP contribution in [0.1, 0.15) is 13.3 Å². The molecule has 19 heavy (non-hydrogen) atoms. The number of amides is 2. The Balaban J connectivity index is 2.52. The zero-order valence-electron chi connectivity index (χ0n) is 10.6. The van der Waals surface area contributed by atoms with Crippen molar-refractivity contribution in [2.24, 2.45) is 0 Å². The van der Waals surface area contributed by atoms with Gasteiger partial charge in [-0.25, -0.2) is 5.43 Å². The Hall–Kier alpha value is -1.87. The highest BCUT2D eigenvalue weighted by Gasteiger charge is 2.21. The molecule has 0 radical (unpaired) electrons. The van der Waals surface area contributed by atoms with E-state index in [-0.39, 0.29) is 16.7 Å². The first-order chi connectivity index (χ1) is 8.95. The molecule has 2 amide bonds. The summed E-state index contributed by atoms with van der Waals surface area (Å²) in [5.41, 5.74) is 4.85. The molecule has 0 atom stereocenters. The number of hydrogen-bond acceptors (Lipinski definition) is 6. The normalized spacial score (nSPS) is 10.2. The minimum atomic E-state index is -0.803. The van der Waals surface area contributed by atoms with Gasteiger partial charge in [-0.15, -0.1) is 0 Å². The van der Waals surface area contributed by atoms with Gasteiger partial charge in [-0.3, -0.25) is 24.3 Å². The lowest BCUT2D eigenvalue weighted by molar-refractivity contribution is -0.142. The molecular weight excluding hydrogens is 272 g/mol. The average molecular weight is 288 g/mol. The number of aromatic amines is 1.